The summed E-state index contributed by atoms with van der Waals surface area (Å²) in [7, 11) is 0. The van der Waals surface area contributed by atoms with Crippen LogP contribution < -0.4 is 0 Å². The van der Waals surface area contributed by atoms with Crippen molar-refractivity contribution in [2.24, 2.45) is 0 Å². The highest BCUT2D eigenvalue weighted by molar-refractivity contribution is 7.17. The fourth-order valence-corrected chi connectivity index (χ4v) is 2.49. The van der Waals surface area contributed by atoms with E-state index < -0.39 is 0 Å². The third-order valence-corrected chi connectivity index (χ3v) is 3.40. The van der Waals surface area contributed by atoms with Crippen molar-refractivity contribution in [3.05, 3.63) is 28.1 Å². The lowest BCUT2D eigenvalue weighted by Crippen LogP contribution is -1.85. The second-order valence-corrected chi connectivity index (χ2v) is 3.98. The normalized spacial score (nSPS) is 10.9. The van der Waals surface area contributed by atoms with Crippen molar-refractivity contribution in [1.82, 2.24) is 0 Å². The molecule has 0 bridgehead atoms. The predicted octanol–water partition coefficient (Wildman–Crippen LogP) is 2.75. The Morgan fingerprint density at radius 2 is 2.23 bits per heavy atom. The van der Waals surface area contributed by atoms with E-state index in [4.69, 9.17) is 16.7 Å². The average Bonchev–Trinajstić information content (AvgIpc) is 2.53. The lowest BCUT2D eigenvalue weighted by molar-refractivity contribution is 0.276. The Morgan fingerprint density at radius 3 is 2.92 bits per heavy atom. The quantitative estimate of drug-likeness (QED) is 0.767. The van der Waals surface area contributed by atoms with E-state index in [1.807, 2.05) is 11.4 Å². The maximum Gasteiger partial charge on any atom is 0.123 e. The smallest absolute Gasteiger partial charge is 0.123 e. The number of aliphatic hydroxyl groups is 1. The van der Waals surface area contributed by atoms with Gasteiger partial charge in [-0.15, -0.1) is 11.3 Å². The van der Waals surface area contributed by atoms with Crippen LogP contribution in [0.3, 0.4) is 0 Å². The van der Waals surface area contributed by atoms with Crippen molar-refractivity contribution in [3.63, 3.8) is 0 Å². The van der Waals surface area contributed by atoms with Crippen molar-refractivity contribution in [2.45, 2.75) is 6.61 Å². The number of benzene rings is 1. The number of rotatable bonds is 1. The summed E-state index contributed by atoms with van der Waals surface area (Å²) in [6.45, 7) is -0.238. The molecule has 0 spiro atoms. The molecule has 0 atom stereocenters. The Balaban J connectivity index is 2.85. The van der Waals surface area contributed by atoms with Gasteiger partial charge in [-0.1, -0.05) is 11.6 Å². The van der Waals surface area contributed by atoms with Gasteiger partial charge in [0.15, 0.2) is 0 Å². The van der Waals surface area contributed by atoms with Crippen LogP contribution in [0.5, 0.6) is 5.75 Å². The summed E-state index contributed by atoms with van der Waals surface area (Å²) in [6.07, 6.45) is 0. The van der Waals surface area contributed by atoms with Crippen LogP contribution in [0.4, 0.5) is 0 Å². The molecule has 0 amide bonds. The summed E-state index contributed by atoms with van der Waals surface area (Å²) >= 11 is 7.48. The van der Waals surface area contributed by atoms with Gasteiger partial charge in [0, 0.05) is 5.56 Å². The number of aliphatic hydroxyl groups excluding tert-OH is 1. The Bertz CT molecular complexity index is 450. The van der Waals surface area contributed by atoms with Crippen molar-refractivity contribution in [1.29, 1.82) is 0 Å². The largest absolute Gasteiger partial charge is 0.508 e. The maximum absolute atomic E-state index is 9.47. The number of fused-ring (bicyclic) bond motifs is 1. The van der Waals surface area contributed by atoms with Crippen LogP contribution in [0.2, 0.25) is 5.02 Å². The molecule has 2 nitrogen and oxygen atoms in total. The molecular weight excluding hydrogens is 208 g/mol. The summed E-state index contributed by atoms with van der Waals surface area (Å²) in [5.41, 5.74) is 0.400. The van der Waals surface area contributed by atoms with Crippen LogP contribution in [-0.4, -0.2) is 10.2 Å². The van der Waals surface area contributed by atoms with Crippen LogP contribution in [0.25, 0.3) is 10.1 Å². The van der Waals surface area contributed by atoms with Gasteiger partial charge < -0.3 is 10.2 Å². The summed E-state index contributed by atoms with van der Waals surface area (Å²) in [6, 6.07) is 3.50. The zero-order valence-electron chi connectivity index (χ0n) is 6.62. The van der Waals surface area contributed by atoms with Crippen LogP contribution in [0.15, 0.2) is 17.5 Å². The Hall–Kier alpha value is -0.770. The first-order valence-electron chi connectivity index (χ1n) is 3.72. The van der Waals surface area contributed by atoms with E-state index in [9.17, 15) is 5.11 Å². The van der Waals surface area contributed by atoms with Crippen LogP contribution in [0.1, 0.15) is 5.56 Å². The van der Waals surface area contributed by atoms with Gasteiger partial charge in [0.25, 0.3) is 0 Å². The molecule has 0 saturated carbocycles. The summed E-state index contributed by atoms with van der Waals surface area (Å²) in [5.74, 6) is 0.0541. The van der Waals surface area contributed by atoms with Gasteiger partial charge in [0.1, 0.15) is 5.75 Å². The molecule has 0 radical (unpaired) electrons. The zero-order chi connectivity index (χ0) is 9.42. The maximum atomic E-state index is 9.47. The molecule has 13 heavy (non-hydrogen) atoms. The van der Waals surface area contributed by atoms with E-state index >= 15 is 0 Å². The van der Waals surface area contributed by atoms with E-state index in [2.05, 4.69) is 0 Å². The van der Waals surface area contributed by atoms with Crippen molar-refractivity contribution >= 4 is 33.0 Å². The van der Waals surface area contributed by atoms with E-state index in [1.165, 1.54) is 11.3 Å². The molecule has 1 aromatic heterocycles. The second kappa shape index (κ2) is 3.18. The summed E-state index contributed by atoms with van der Waals surface area (Å²) in [4.78, 5) is 0. The molecule has 2 N–H and O–H groups in total. The number of aromatic hydroxyl groups is 1. The van der Waals surface area contributed by atoms with E-state index in [0.717, 1.165) is 10.1 Å². The van der Waals surface area contributed by atoms with Crippen molar-refractivity contribution in [3.8, 4) is 5.75 Å². The molecule has 0 aliphatic carbocycles. The van der Waals surface area contributed by atoms with Crippen molar-refractivity contribution in [2.75, 3.05) is 0 Å². The number of halogens is 1. The predicted molar refractivity (Wildman–Crippen MR) is 54.4 cm³/mol. The van der Waals surface area contributed by atoms with E-state index in [-0.39, 0.29) is 12.4 Å². The first-order chi connectivity index (χ1) is 6.24. The molecule has 2 aromatic rings. The van der Waals surface area contributed by atoms with Gasteiger partial charge in [-0.3, -0.25) is 0 Å². The molecule has 0 aliphatic rings. The highest BCUT2D eigenvalue weighted by Gasteiger charge is 2.10. The second-order valence-electron chi connectivity index (χ2n) is 2.69. The van der Waals surface area contributed by atoms with E-state index in [1.54, 1.807) is 6.07 Å². The van der Waals surface area contributed by atoms with Gasteiger partial charge >= 0.3 is 0 Å². The molecular formula is C9H7ClO2S. The standard InChI is InChI=1S/C9H7ClO2S/c10-8-6(4-11)7(12)3-5-1-2-13-9(5)8/h1-3,11-12H,4H2. The molecule has 1 aromatic carbocycles. The highest BCUT2D eigenvalue weighted by Crippen LogP contribution is 2.36. The molecule has 2 rings (SSSR count). The minimum absolute atomic E-state index is 0.0541. The lowest BCUT2D eigenvalue weighted by Gasteiger charge is -2.04. The molecule has 0 saturated heterocycles. The highest BCUT2D eigenvalue weighted by atomic mass is 35.5. The minimum atomic E-state index is -0.238. The van der Waals surface area contributed by atoms with Crippen LogP contribution >= 0.6 is 22.9 Å². The first kappa shape index (κ1) is 8.81. The summed E-state index contributed by atoms with van der Waals surface area (Å²) in [5, 5.41) is 21.7. The lowest BCUT2D eigenvalue weighted by atomic mass is 10.1. The SMILES string of the molecule is OCc1c(O)cc2ccsc2c1Cl. The number of hydrogen-bond acceptors (Lipinski definition) is 3. The number of thiophene rings is 1. The van der Waals surface area contributed by atoms with Crippen molar-refractivity contribution < 1.29 is 10.2 Å². The molecule has 68 valence electrons. The van der Waals surface area contributed by atoms with Crippen LogP contribution in [0, 0.1) is 0 Å². The Morgan fingerprint density at radius 1 is 1.46 bits per heavy atom. The third-order valence-electron chi connectivity index (χ3n) is 1.92. The number of phenols is 1. The molecule has 0 fully saturated rings. The fourth-order valence-electron chi connectivity index (χ4n) is 1.25. The minimum Gasteiger partial charge on any atom is -0.508 e. The van der Waals surface area contributed by atoms with Gasteiger partial charge in [-0.25, -0.2) is 0 Å². The monoisotopic (exact) mass is 214 g/mol. The topological polar surface area (TPSA) is 40.5 Å². The number of hydrogen-bond donors (Lipinski definition) is 2. The fraction of sp³-hybridized carbons (Fsp3) is 0.111. The van der Waals surface area contributed by atoms with Gasteiger partial charge in [0.05, 0.1) is 16.3 Å². The zero-order valence-corrected chi connectivity index (χ0v) is 8.19. The third kappa shape index (κ3) is 1.29. The van der Waals surface area contributed by atoms with Gasteiger partial charge in [0.2, 0.25) is 0 Å². The summed E-state index contributed by atoms with van der Waals surface area (Å²) < 4.78 is 0.906. The van der Waals surface area contributed by atoms with Gasteiger partial charge in [-0.2, -0.15) is 0 Å². The average molecular weight is 215 g/mol. The molecule has 0 unspecified atom stereocenters. The molecule has 1 heterocycles. The van der Waals surface area contributed by atoms with Crippen LogP contribution in [-0.2, 0) is 6.61 Å². The Labute approximate surface area is 84.0 Å². The van der Waals surface area contributed by atoms with Gasteiger partial charge in [-0.05, 0) is 22.9 Å². The molecule has 4 heteroatoms. The Kier molecular flexibility index (Phi) is 2.15. The first-order valence-corrected chi connectivity index (χ1v) is 4.98. The molecule has 0 aliphatic heterocycles. The van der Waals surface area contributed by atoms with E-state index in [0.29, 0.717) is 10.6 Å².